The molecule has 2 rings (SSSR count). The number of nitrogens with one attached hydrogen (secondary N) is 1. The van der Waals surface area contributed by atoms with Crippen molar-refractivity contribution in [3.63, 3.8) is 0 Å². The van der Waals surface area contributed by atoms with Crippen molar-refractivity contribution < 1.29 is 9.90 Å². The summed E-state index contributed by atoms with van der Waals surface area (Å²) in [5.41, 5.74) is 1.39. The molecule has 22 heavy (non-hydrogen) atoms. The van der Waals surface area contributed by atoms with E-state index < -0.39 is 5.97 Å². The van der Waals surface area contributed by atoms with Crippen molar-refractivity contribution in [3.05, 3.63) is 35.5 Å². The molecule has 0 spiro atoms. The Kier molecular flexibility index (Phi) is 5.00. The van der Waals surface area contributed by atoms with Gasteiger partial charge in [-0.25, -0.2) is 4.79 Å². The number of hydrogen-bond acceptors (Lipinski definition) is 5. The number of nitriles is 2. The smallest absolute Gasteiger partial charge is 0.337 e. The Balaban J connectivity index is 2.27. The van der Waals surface area contributed by atoms with E-state index in [0.29, 0.717) is 11.4 Å². The first-order valence-electron chi connectivity index (χ1n) is 7.05. The Morgan fingerprint density at radius 1 is 1.23 bits per heavy atom. The fourth-order valence-electron chi connectivity index (χ4n) is 2.45. The van der Waals surface area contributed by atoms with E-state index in [1.807, 2.05) is 0 Å². The second kappa shape index (κ2) is 7.14. The lowest BCUT2D eigenvalue weighted by molar-refractivity contribution is 0.0697. The zero-order valence-corrected chi connectivity index (χ0v) is 12.0. The van der Waals surface area contributed by atoms with Crippen molar-refractivity contribution >= 4 is 17.3 Å². The Morgan fingerprint density at radius 3 is 2.50 bits per heavy atom. The average Bonchev–Trinajstić information content (AvgIpc) is 2.56. The molecule has 6 nitrogen and oxygen atoms in total. The molecule has 0 unspecified atom stereocenters. The number of carboxylic acid groups (broad SMARTS) is 1. The highest BCUT2D eigenvalue weighted by Crippen LogP contribution is 2.27. The lowest BCUT2D eigenvalue weighted by Crippen LogP contribution is -2.30. The van der Waals surface area contributed by atoms with Crippen molar-refractivity contribution in [1.29, 1.82) is 10.5 Å². The summed E-state index contributed by atoms with van der Waals surface area (Å²) in [6, 6.07) is 8.51. The van der Waals surface area contributed by atoms with Gasteiger partial charge in [-0.2, -0.15) is 10.5 Å². The predicted octanol–water partition coefficient (Wildman–Crippen LogP) is 2.72. The zero-order valence-electron chi connectivity index (χ0n) is 12.0. The van der Waals surface area contributed by atoms with Gasteiger partial charge in [0.1, 0.15) is 17.7 Å². The third-order valence-corrected chi connectivity index (χ3v) is 3.55. The summed E-state index contributed by atoms with van der Waals surface area (Å²) in [7, 11) is 0. The third-order valence-electron chi connectivity index (χ3n) is 3.55. The first-order chi connectivity index (χ1) is 10.7. The van der Waals surface area contributed by atoms with Gasteiger partial charge >= 0.3 is 5.97 Å². The van der Waals surface area contributed by atoms with Crippen molar-refractivity contribution in [2.75, 3.05) is 23.3 Å². The summed E-state index contributed by atoms with van der Waals surface area (Å²) < 4.78 is 0. The molecule has 1 aromatic rings. The first kappa shape index (κ1) is 15.4. The molecule has 0 aliphatic carbocycles. The SMILES string of the molecule is N#CC(C#N)=CNc1ccc(N2CCCCC2)c(C(=O)O)c1. The minimum Gasteiger partial charge on any atom is -0.478 e. The molecule has 6 heteroatoms. The van der Waals surface area contributed by atoms with Crippen molar-refractivity contribution in [2.24, 2.45) is 0 Å². The predicted molar refractivity (Wildman–Crippen MR) is 82.4 cm³/mol. The van der Waals surface area contributed by atoms with E-state index in [2.05, 4.69) is 10.2 Å². The topological polar surface area (TPSA) is 100 Å². The third kappa shape index (κ3) is 3.56. The summed E-state index contributed by atoms with van der Waals surface area (Å²) in [5, 5.41) is 29.6. The molecule has 0 amide bonds. The normalized spacial score (nSPS) is 13.6. The van der Waals surface area contributed by atoms with E-state index in [1.165, 1.54) is 18.7 Å². The highest BCUT2D eigenvalue weighted by atomic mass is 16.4. The molecule has 2 N–H and O–H groups in total. The van der Waals surface area contributed by atoms with Crippen LogP contribution in [-0.4, -0.2) is 24.2 Å². The largest absolute Gasteiger partial charge is 0.478 e. The van der Waals surface area contributed by atoms with Gasteiger partial charge in [0.15, 0.2) is 0 Å². The van der Waals surface area contributed by atoms with Crippen molar-refractivity contribution in [3.8, 4) is 12.1 Å². The number of aromatic carboxylic acids is 1. The maximum absolute atomic E-state index is 11.5. The number of benzene rings is 1. The molecule has 112 valence electrons. The molecular weight excluding hydrogens is 280 g/mol. The van der Waals surface area contributed by atoms with Gasteiger partial charge in [-0.3, -0.25) is 0 Å². The molecular formula is C16H16N4O2. The highest BCUT2D eigenvalue weighted by molar-refractivity contribution is 5.95. The average molecular weight is 296 g/mol. The number of carboxylic acids is 1. The van der Waals surface area contributed by atoms with Crippen LogP contribution < -0.4 is 10.2 Å². The van der Waals surface area contributed by atoms with Crippen LogP contribution in [0.4, 0.5) is 11.4 Å². The fraction of sp³-hybridized carbons (Fsp3) is 0.312. The maximum Gasteiger partial charge on any atom is 0.337 e. The molecule has 0 atom stereocenters. The van der Waals surface area contributed by atoms with Crippen LogP contribution in [0, 0.1) is 22.7 Å². The standard InChI is InChI=1S/C16H16N4O2/c17-9-12(10-18)11-19-13-4-5-15(14(8-13)16(21)22)20-6-2-1-3-7-20/h4-5,8,11,19H,1-3,6-7H2,(H,21,22). The minimum absolute atomic E-state index is 0.0722. The van der Waals surface area contributed by atoms with Gasteiger partial charge in [-0.1, -0.05) is 0 Å². The van der Waals surface area contributed by atoms with Crippen LogP contribution in [0.1, 0.15) is 29.6 Å². The van der Waals surface area contributed by atoms with Crippen LogP contribution in [0.5, 0.6) is 0 Å². The van der Waals surface area contributed by atoms with Crippen LogP contribution in [0.3, 0.4) is 0 Å². The summed E-state index contributed by atoms with van der Waals surface area (Å²) in [6.45, 7) is 1.72. The van der Waals surface area contributed by atoms with Gasteiger partial charge in [-0.05, 0) is 37.5 Å². The van der Waals surface area contributed by atoms with Crippen LogP contribution in [-0.2, 0) is 0 Å². The van der Waals surface area contributed by atoms with Gasteiger partial charge in [0, 0.05) is 25.0 Å². The zero-order chi connectivity index (χ0) is 15.9. The number of nitrogens with zero attached hydrogens (tertiary/aromatic N) is 3. The van der Waals surface area contributed by atoms with E-state index in [1.54, 1.807) is 24.3 Å². The Bertz CT molecular complexity index is 660. The molecule has 1 aliphatic rings. The summed E-state index contributed by atoms with van der Waals surface area (Å²) in [6.07, 6.45) is 4.57. The number of piperidine rings is 1. The van der Waals surface area contributed by atoms with Crippen LogP contribution in [0.25, 0.3) is 0 Å². The first-order valence-corrected chi connectivity index (χ1v) is 7.05. The lowest BCUT2D eigenvalue weighted by atomic mass is 10.1. The van der Waals surface area contributed by atoms with Gasteiger partial charge in [-0.15, -0.1) is 0 Å². The molecule has 1 fully saturated rings. The highest BCUT2D eigenvalue weighted by Gasteiger charge is 2.18. The van der Waals surface area contributed by atoms with Crippen LogP contribution in [0.15, 0.2) is 30.0 Å². The molecule has 1 aromatic carbocycles. The Morgan fingerprint density at radius 2 is 1.91 bits per heavy atom. The molecule has 1 heterocycles. The number of anilines is 2. The second-order valence-electron chi connectivity index (χ2n) is 5.01. The molecule has 0 aromatic heterocycles. The summed E-state index contributed by atoms with van der Waals surface area (Å²) in [4.78, 5) is 13.6. The quantitative estimate of drug-likeness (QED) is 0.829. The van der Waals surface area contributed by atoms with E-state index in [-0.39, 0.29) is 11.1 Å². The Labute approximate surface area is 128 Å². The number of hydrogen-bond donors (Lipinski definition) is 2. The fourth-order valence-corrected chi connectivity index (χ4v) is 2.45. The van der Waals surface area contributed by atoms with E-state index >= 15 is 0 Å². The van der Waals surface area contributed by atoms with Crippen LogP contribution >= 0.6 is 0 Å². The van der Waals surface area contributed by atoms with Gasteiger partial charge in [0.25, 0.3) is 0 Å². The summed E-state index contributed by atoms with van der Waals surface area (Å²) >= 11 is 0. The van der Waals surface area contributed by atoms with Gasteiger partial charge < -0.3 is 15.3 Å². The van der Waals surface area contributed by atoms with Crippen LogP contribution in [0.2, 0.25) is 0 Å². The van der Waals surface area contributed by atoms with Crippen molar-refractivity contribution in [1.82, 2.24) is 0 Å². The Hall–Kier alpha value is -2.99. The van der Waals surface area contributed by atoms with Crippen molar-refractivity contribution in [2.45, 2.75) is 19.3 Å². The van der Waals surface area contributed by atoms with Gasteiger partial charge in [0.05, 0.1) is 11.3 Å². The van der Waals surface area contributed by atoms with E-state index in [4.69, 9.17) is 10.5 Å². The monoisotopic (exact) mass is 296 g/mol. The van der Waals surface area contributed by atoms with Gasteiger partial charge in [0.2, 0.25) is 0 Å². The molecule has 0 bridgehead atoms. The number of carbonyl (C=O) groups is 1. The number of rotatable bonds is 4. The van der Waals surface area contributed by atoms with E-state index in [9.17, 15) is 9.90 Å². The number of allylic oxidation sites excluding steroid dienone is 1. The minimum atomic E-state index is -0.992. The molecule has 0 saturated carbocycles. The molecule has 0 radical (unpaired) electrons. The molecule has 1 saturated heterocycles. The molecule has 1 aliphatic heterocycles. The maximum atomic E-state index is 11.5. The van der Waals surface area contributed by atoms with E-state index in [0.717, 1.165) is 25.9 Å². The second-order valence-corrected chi connectivity index (χ2v) is 5.01. The lowest BCUT2D eigenvalue weighted by Gasteiger charge is -2.30. The summed E-state index contributed by atoms with van der Waals surface area (Å²) in [5.74, 6) is -0.992.